The molecule has 0 aliphatic heterocycles. The van der Waals surface area contributed by atoms with E-state index in [0.717, 1.165) is 25.0 Å². The lowest BCUT2D eigenvalue weighted by Gasteiger charge is -2.09. The third kappa shape index (κ3) is 3.99. The van der Waals surface area contributed by atoms with Crippen LogP contribution in [-0.2, 0) is 12.6 Å². The first-order chi connectivity index (χ1) is 12.8. The van der Waals surface area contributed by atoms with Crippen LogP contribution in [0.1, 0.15) is 31.2 Å². The van der Waals surface area contributed by atoms with Crippen molar-refractivity contribution >= 4 is 0 Å². The summed E-state index contributed by atoms with van der Waals surface area (Å²) in [6.07, 6.45) is -2.24. The van der Waals surface area contributed by atoms with Crippen LogP contribution >= 0.6 is 0 Å². The molecule has 7 nitrogen and oxygen atoms in total. The van der Waals surface area contributed by atoms with Crippen molar-refractivity contribution in [3.8, 4) is 34.6 Å². The second kappa shape index (κ2) is 7.22. The quantitative estimate of drug-likeness (QED) is 0.690. The van der Waals surface area contributed by atoms with Gasteiger partial charge < -0.3 is 14.7 Å². The highest BCUT2D eigenvalue weighted by atomic mass is 19.4. The van der Waals surface area contributed by atoms with Crippen LogP contribution in [-0.4, -0.2) is 30.3 Å². The summed E-state index contributed by atoms with van der Waals surface area (Å²) in [5.41, 5.74) is -1.14. The highest BCUT2D eigenvalue weighted by Crippen LogP contribution is 2.36. The van der Waals surface area contributed by atoms with Crippen molar-refractivity contribution in [1.82, 2.24) is 20.1 Å². The third-order valence-corrected chi connectivity index (χ3v) is 3.74. The van der Waals surface area contributed by atoms with Gasteiger partial charge in [0.25, 0.3) is 11.8 Å². The number of alkyl halides is 3. The third-order valence-electron chi connectivity index (χ3n) is 3.74. The van der Waals surface area contributed by atoms with Crippen LogP contribution in [0.25, 0.3) is 23.0 Å². The number of hydrogen-bond acceptors (Lipinski definition) is 7. The molecule has 0 spiro atoms. The topological polar surface area (TPSA) is 105 Å². The average Bonchev–Trinajstić information content (AvgIpc) is 3.10. The van der Waals surface area contributed by atoms with Crippen LogP contribution in [0.15, 0.2) is 28.8 Å². The molecule has 27 heavy (non-hydrogen) atoms. The van der Waals surface area contributed by atoms with Crippen molar-refractivity contribution in [2.24, 2.45) is 0 Å². The standard InChI is InChI=1S/C17H15F3N4O3/c1-2-3-7-11-21-16(27-24-11)12-13(25)15(26)23-14(22-12)9-5-4-6-10(8-9)17(18,19)20/h4-6,8,25H,2-3,7H2,1H3,(H,22,23,26). The molecule has 0 bridgehead atoms. The minimum atomic E-state index is -4.54. The summed E-state index contributed by atoms with van der Waals surface area (Å²) in [5.74, 6) is -1.49. The Kier molecular flexibility index (Phi) is 4.98. The number of aryl methyl sites for hydroxylation is 1. The molecule has 10 heteroatoms. The maximum Gasteiger partial charge on any atom is 0.416 e. The molecule has 2 N–H and O–H groups in total. The van der Waals surface area contributed by atoms with E-state index in [0.29, 0.717) is 12.2 Å². The van der Waals surface area contributed by atoms with Gasteiger partial charge in [-0.25, -0.2) is 4.98 Å². The largest absolute Gasteiger partial charge is 0.501 e. The van der Waals surface area contributed by atoms with Gasteiger partial charge in [-0.1, -0.05) is 30.6 Å². The van der Waals surface area contributed by atoms with Crippen LogP contribution in [0.5, 0.6) is 11.6 Å². The number of nitrogens with zero attached hydrogens (tertiary/aromatic N) is 4. The molecule has 0 saturated carbocycles. The molecule has 0 unspecified atom stereocenters. The van der Waals surface area contributed by atoms with Gasteiger partial charge in [-0.3, -0.25) is 0 Å². The molecular formula is C17H15F3N4O3. The summed E-state index contributed by atoms with van der Waals surface area (Å²) in [7, 11) is 0. The number of aromatic hydroxyl groups is 2. The summed E-state index contributed by atoms with van der Waals surface area (Å²) >= 11 is 0. The van der Waals surface area contributed by atoms with E-state index in [1.165, 1.54) is 12.1 Å². The predicted octanol–water partition coefficient (Wildman–Crippen LogP) is 3.97. The summed E-state index contributed by atoms with van der Waals surface area (Å²) < 4.78 is 43.8. The van der Waals surface area contributed by atoms with E-state index in [-0.39, 0.29) is 23.0 Å². The van der Waals surface area contributed by atoms with E-state index < -0.39 is 23.4 Å². The van der Waals surface area contributed by atoms with Gasteiger partial charge in [0.1, 0.15) is 0 Å². The van der Waals surface area contributed by atoms with Gasteiger partial charge in [-0.2, -0.15) is 23.1 Å². The summed E-state index contributed by atoms with van der Waals surface area (Å²) in [6.45, 7) is 2.00. The molecule has 3 aromatic rings. The molecule has 0 aliphatic rings. The molecule has 2 aromatic heterocycles. The molecule has 0 aliphatic carbocycles. The van der Waals surface area contributed by atoms with Crippen LogP contribution in [0, 0.1) is 0 Å². The zero-order valence-corrected chi connectivity index (χ0v) is 14.2. The van der Waals surface area contributed by atoms with E-state index in [1.807, 2.05) is 6.92 Å². The first kappa shape index (κ1) is 18.6. The maximum absolute atomic E-state index is 12.9. The van der Waals surface area contributed by atoms with Crippen molar-refractivity contribution in [1.29, 1.82) is 0 Å². The summed E-state index contributed by atoms with van der Waals surface area (Å²) in [4.78, 5) is 11.7. The number of aromatic nitrogens is 4. The Labute approximate surface area is 151 Å². The van der Waals surface area contributed by atoms with Crippen molar-refractivity contribution in [3.63, 3.8) is 0 Å². The van der Waals surface area contributed by atoms with Crippen molar-refractivity contribution < 1.29 is 27.9 Å². The normalized spacial score (nSPS) is 11.7. The Hall–Kier alpha value is -3.17. The molecule has 2 heterocycles. The maximum atomic E-state index is 12.9. The predicted molar refractivity (Wildman–Crippen MR) is 87.7 cm³/mol. The molecule has 1 aromatic carbocycles. The Morgan fingerprint density at radius 2 is 1.89 bits per heavy atom. The highest BCUT2D eigenvalue weighted by Gasteiger charge is 2.31. The van der Waals surface area contributed by atoms with Gasteiger partial charge in [0, 0.05) is 12.0 Å². The molecule has 0 fully saturated rings. The second-order valence-corrected chi connectivity index (χ2v) is 5.77. The van der Waals surface area contributed by atoms with E-state index in [2.05, 4.69) is 20.1 Å². The lowest BCUT2D eigenvalue weighted by Crippen LogP contribution is -2.05. The van der Waals surface area contributed by atoms with Gasteiger partial charge in [-0.15, -0.1) is 0 Å². The Balaban J connectivity index is 2.04. The molecule has 142 valence electrons. The molecular weight excluding hydrogens is 365 g/mol. The summed E-state index contributed by atoms with van der Waals surface area (Å²) in [5, 5.41) is 23.6. The van der Waals surface area contributed by atoms with Crippen LogP contribution in [0.4, 0.5) is 13.2 Å². The fourth-order valence-electron chi connectivity index (χ4n) is 2.34. The van der Waals surface area contributed by atoms with E-state index in [4.69, 9.17) is 4.52 Å². The van der Waals surface area contributed by atoms with E-state index >= 15 is 0 Å². The first-order valence-corrected chi connectivity index (χ1v) is 8.10. The second-order valence-electron chi connectivity index (χ2n) is 5.77. The number of rotatable bonds is 5. The van der Waals surface area contributed by atoms with Crippen molar-refractivity contribution in [3.05, 3.63) is 35.7 Å². The zero-order chi connectivity index (χ0) is 19.6. The fourth-order valence-corrected chi connectivity index (χ4v) is 2.34. The number of benzene rings is 1. The highest BCUT2D eigenvalue weighted by molar-refractivity contribution is 5.66. The monoisotopic (exact) mass is 380 g/mol. The SMILES string of the molecule is CCCCc1noc(-c2nc(-c3cccc(C(F)(F)F)c3)nc(O)c2O)n1. The Morgan fingerprint density at radius 3 is 2.59 bits per heavy atom. The van der Waals surface area contributed by atoms with Crippen LogP contribution < -0.4 is 0 Å². The lowest BCUT2D eigenvalue weighted by atomic mass is 10.1. The molecule has 0 amide bonds. The summed E-state index contributed by atoms with van der Waals surface area (Å²) in [6, 6.07) is 4.30. The average molecular weight is 380 g/mol. The van der Waals surface area contributed by atoms with Gasteiger partial charge >= 0.3 is 6.18 Å². The van der Waals surface area contributed by atoms with Gasteiger partial charge in [0.05, 0.1) is 5.56 Å². The zero-order valence-electron chi connectivity index (χ0n) is 14.2. The van der Waals surface area contributed by atoms with E-state index in [1.54, 1.807) is 0 Å². The van der Waals surface area contributed by atoms with Crippen LogP contribution in [0.2, 0.25) is 0 Å². The van der Waals surface area contributed by atoms with Crippen molar-refractivity contribution in [2.45, 2.75) is 32.4 Å². The Bertz CT molecular complexity index is 957. The van der Waals surface area contributed by atoms with Crippen LogP contribution in [0.3, 0.4) is 0 Å². The van der Waals surface area contributed by atoms with E-state index in [9.17, 15) is 23.4 Å². The number of halogens is 3. The lowest BCUT2D eigenvalue weighted by molar-refractivity contribution is -0.137. The molecule has 0 saturated heterocycles. The van der Waals surface area contributed by atoms with Gasteiger partial charge in [0.2, 0.25) is 5.75 Å². The molecule has 0 atom stereocenters. The van der Waals surface area contributed by atoms with Crippen molar-refractivity contribution in [2.75, 3.05) is 0 Å². The minimum absolute atomic E-state index is 0.00657. The smallest absolute Gasteiger partial charge is 0.416 e. The minimum Gasteiger partial charge on any atom is -0.501 e. The molecule has 0 radical (unpaired) electrons. The Morgan fingerprint density at radius 1 is 1.11 bits per heavy atom. The fraction of sp³-hybridized carbons (Fsp3) is 0.294. The first-order valence-electron chi connectivity index (χ1n) is 8.10. The number of hydrogen-bond donors (Lipinski definition) is 2. The molecule has 3 rings (SSSR count). The van der Waals surface area contributed by atoms with Gasteiger partial charge in [0.15, 0.2) is 17.3 Å². The van der Waals surface area contributed by atoms with Gasteiger partial charge in [-0.05, 0) is 18.6 Å². The number of unbranched alkanes of at least 4 members (excludes halogenated alkanes) is 1.